The van der Waals surface area contributed by atoms with E-state index in [0.29, 0.717) is 21.7 Å². The van der Waals surface area contributed by atoms with Gasteiger partial charge in [-0.1, -0.05) is 29.4 Å². The summed E-state index contributed by atoms with van der Waals surface area (Å²) in [5.74, 6) is -0.490. The second-order valence-electron chi connectivity index (χ2n) is 6.50. The fraction of sp³-hybridized carbons (Fsp3) is 0.200. The Morgan fingerprint density at radius 1 is 1.17 bits per heavy atom. The van der Waals surface area contributed by atoms with Gasteiger partial charge in [-0.15, -0.1) is 10.2 Å². The number of nitrogens with one attached hydrogen (secondary N) is 1. The number of halogens is 1. The molecule has 0 saturated heterocycles. The molecule has 0 bridgehead atoms. The largest absolute Gasteiger partial charge is 0.478 e. The second-order valence-corrected chi connectivity index (χ2v) is 7.88. The zero-order valence-electron chi connectivity index (χ0n) is 15.8. The topological polar surface area (TPSA) is 97.1 Å². The maximum Gasteiger partial charge on any atom is 0.335 e. The van der Waals surface area contributed by atoms with Gasteiger partial charge in [0.2, 0.25) is 5.91 Å². The number of carboxylic acids is 1. The summed E-state index contributed by atoms with van der Waals surface area (Å²) in [6, 6.07) is 13.5. The Bertz CT molecular complexity index is 1030. The number of thioether (sulfide) groups is 1. The zero-order valence-corrected chi connectivity index (χ0v) is 17.4. The summed E-state index contributed by atoms with van der Waals surface area (Å²) in [5, 5.41) is 21.5. The third kappa shape index (κ3) is 5.16. The number of hydrogen-bond acceptors (Lipinski definition) is 5. The van der Waals surface area contributed by atoms with E-state index in [1.54, 1.807) is 24.3 Å². The lowest BCUT2D eigenvalue weighted by molar-refractivity contribution is -0.113. The van der Waals surface area contributed by atoms with E-state index in [1.165, 1.54) is 23.9 Å². The number of rotatable bonds is 7. The molecule has 1 aromatic heterocycles. The number of carbonyl (C=O) groups excluding carboxylic acids is 1. The number of aromatic carboxylic acids is 1. The van der Waals surface area contributed by atoms with Gasteiger partial charge >= 0.3 is 5.97 Å². The van der Waals surface area contributed by atoms with Crippen LogP contribution in [0.3, 0.4) is 0 Å². The number of anilines is 1. The smallest absolute Gasteiger partial charge is 0.335 e. The Morgan fingerprint density at radius 2 is 1.90 bits per heavy atom. The van der Waals surface area contributed by atoms with Crippen molar-refractivity contribution >= 4 is 40.9 Å². The Hall–Kier alpha value is -2.84. The quantitative estimate of drug-likeness (QED) is 0.531. The fourth-order valence-corrected chi connectivity index (χ4v) is 3.69. The second kappa shape index (κ2) is 9.11. The van der Waals surface area contributed by atoms with E-state index in [2.05, 4.69) is 15.5 Å². The minimum atomic E-state index is -1.05. The molecule has 150 valence electrons. The highest BCUT2D eigenvalue weighted by Gasteiger charge is 2.18. The van der Waals surface area contributed by atoms with E-state index in [4.69, 9.17) is 16.7 Å². The summed E-state index contributed by atoms with van der Waals surface area (Å²) in [6.45, 7) is 4.04. The first-order chi connectivity index (χ1) is 13.8. The average Bonchev–Trinajstić information content (AvgIpc) is 3.11. The molecule has 7 nitrogen and oxygen atoms in total. The highest BCUT2D eigenvalue weighted by molar-refractivity contribution is 7.99. The summed E-state index contributed by atoms with van der Waals surface area (Å²) in [6.07, 6.45) is 0. The molecular formula is C20H19ClN4O3S. The van der Waals surface area contributed by atoms with Crippen molar-refractivity contribution in [3.8, 4) is 11.4 Å². The molecule has 0 aliphatic rings. The standard InChI is InChI=1S/C20H19ClN4O3S/c1-12(2)25-18(13-6-8-15(21)9-7-13)23-24-20(25)29-11-17(26)22-16-5-3-4-14(10-16)19(27)28/h3-10,12H,11H2,1-2H3,(H,22,26)(H,27,28). The number of amides is 1. The Balaban J connectivity index is 1.72. The third-order valence-corrected chi connectivity index (χ3v) is 5.20. The molecule has 0 fully saturated rings. The van der Waals surface area contributed by atoms with Gasteiger partial charge in [0.05, 0.1) is 11.3 Å². The van der Waals surface area contributed by atoms with Crippen LogP contribution in [0.15, 0.2) is 53.7 Å². The summed E-state index contributed by atoms with van der Waals surface area (Å²) >= 11 is 7.23. The molecule has 1 amide bonds. The van der Waals surface area contributed by atoms with Gasteiger partial charge in [-0.05, 0) is 56.3 Å². The predicted molar refractivity (Wildman–Crippen MR) is 114 cm³/mol. The molecule has 0 atom stereocenters. The van der Waals surface area contributed by atoms with Gasteiger partial charge in [-0.2, -0.15) is 0 Å². The summed E-state index contributed by atoms with van der Waals surface area (Å²) < 4.78 is 1.96. The van der Waals surface area contributed by atoms with Gasteiger partial charge in [-0.25, -0.2) is 4.79 Å². The Labute approximate surface area is 177 Å². The molecule has 0 saturated carbocycles. The van der Waals surface area contributed by atoms with Crippen molar-refractivity contribution in [3.63, 3.8) is 0 Å². The first-order valence-corrected chi connectivity index (χ1v) is 10.2. The van der Waals surface area contributed by atoms with Gasteiger partial charge < -0.3 is 10.4 Å². The molecule has 29 heavy (non-hydrogen) atoms. The van der Waals surface area contributed by atoms with Gasteiger partial charge in [-0.3, -0.25) is 9.36 Å². The zero-order chi connectivity index (χ0) is 21.0. The lowest BCUT2D eigenvalue weighted by Crippen LogP contribution is -2.15. The number of carboxylic acid groups (broad SMARTS) is 1. The first kappa shape index (κ1) is 20.9. The lowest BCUT2D eigenvalue weighted by atomic mass is 10.2. The highest BCUT2D eigenvalue weighted by Crippen LogP contribution is 2.28. The number of aromatic nitrogens is 3. The van der Waals surface area contributed by atoms with Crippen molar-refractivity contribution in [2.24, 2.45) is 0 Å². The molecule has 0 spiro atoms. The maximum atomic E-state index is 12.3. The van der Waals surface area contributed by atoms with Crippen molar-refractivity contribution in [1.29, 1.82) is 0 Å². The van der Waals surface area contributed by atoms with Crippen molar-refractivity contribution < 1.29 is 14.7 Å². The molecule has 0 aliphatic carbocycles. The Kier molecular flexibility index (Phi) is 6.56. The normalized spacial score (nSPS) is 10.9. The molecule has 9 heteroatoms. The lowest BCUT2D eigenvalue weighted by Gasteiger charge is -2.14. The van der Waals surface area contributed by atoms with Crippen LogP contribution in [0.1, 0.15) is 30.2 Å². The van der Waals surface area contributed by atoms with Crippen LogP contribution in [0.4, 0.5) is 5.69 Å². The number of benzene rings is 2. The average molecular weight is 431 g/mol. The molecule has 3 aromatic rings. The van der Waals surface area contributed by atoms with Crippen LogP contribution in [0.2, 0.25) is 5.02 Å². The van der Waals surface area contributed by atoms with E-state index in [0.717, 1.165) is 5.56 Å². The van der Waals surface area contributed by atoms with E-state index in [1.807, 2.05) is 30.5 Å². The summed E-state index contributed by atoms with van der Waals surface area (Å²) in [5.41, 5.74) is 1.43. The predicted octanol–water partition coefficient (Wildman–Crippen LogP) is 4.61. The van der Waals surface area contributed by atoms with Crippen LogP contribution >= 0.6 is 23.4 Å². The van der Waals surface area contributed by atoms with E-state index < -0.39 is 5.97 Å². The SMILES string of the molecule is CC(C)n1c(SCC(=O)Nc2cccc(C(=O)O)c2)nnc1-c1ccc(Cl)cc1. The first-order valence-electron chi connectivity index (χ1n) is 8.82. The summed E-state index contributed by atoms with van der Waals surface area (Å²) in [4.78, 5) is 23.4. The number of carbonyl (C=O) groups is 2. The fourth-order valence-electron chi connectivity index (χ4n) is 2.69. The van der Waals surface area contributed by atoms with Crippen molar-refractivity contribution in [1.82, 2.24) is 14.8 Å². The van der Waals surface area contributed by atoms with Crippen molar-refractivity contribution in [2.75, 3.05) is 11.1 Å². The number of hydrogen-bond donors (Lipinski definition) is 2. The van der Waals surface area contributed by atoms with E-state index in [-0.39, 0.29) is 23.3 Å². The van der Waals surface area contributed by atoms with Gasteiger partial charge in [0.1, 0.15) is 0 Å². The van der Waals surface area contributed by atoms with Gasteiger partial charge in [0, 0.05) is 22.3 Å². The molecule has 0 radical (unpaired) electrons. The molecular weight excluding hydrogens is 412 g/mol. The maximum absolute atomic E-state index is 12.3. The van der Waals surface area contributed by atoms with Crippen LogP contribution in [0.25, 0.3) is 11.4 Å². The molecule has 2 aromatic carbocycles. The van der Waals surface area contributed by atoms with Crippen LogP contribution in [-0.2, 0) is 4.79 Å². The van der Waals surface area contributed by atoms with Crippen LogP contribution in [0, 0.1) is 0 Å². The van der Waals surface area contributed by atoms with Crippen molar-refractivity contribution in [3.05, 3.63) is 59.1 Å². The van der Waals surface area contributed by atoms with E-state index in [9.17, 15) is 9.59 Å². The van der Waals surface area contributed by atoms with Crippen LogP contribution in [0.5, 0.6) is 0 Å². The van der Waals surface area contributed by atoms with Crippen LogP contribution in [-0.4, -0.2) is 37.5 Å². The number of nitrogens with zero attached hydrogens (tertiary/aromatic N) is 3. The van der Waals surface area contributed by atoms with Gasteiger partial charge in [0.15, 0.2) is 11.0 Å². The minimum absolute atomic E-state index is 0.0912. The van der Waals surface area contributed by atoms with Crippen LogP contribution < -0.4 is 5.32 Å². The Morgan fingerprint density at radius 3 is 2.55 bits per heavy atom. The molecule has 0 unspecified atom stereocenters. The summed E-state index contributed by atoms with van der Waals surface area (Å²) in [7, 11) is 0. The molecule has 1 heterocycles. The highest BCUT2D eigenvalue weighted by atomic mass is 35.5. The minimum Gasteiger partial charge on any atom is -0.478 e. The van der Waals surface area contributed by atoms with E-state index >= 15 is 0 Å². The van der Waals surface area contributed by atoms with Gasteiger partial charge in [0.25, 0.3) is 0 Å². The molecule has 0 aliphatic heterocycles. The van der Waals surface area contributed by atoms with Crippen molar-refractivity contribution in [2.45, 2.75) is 25.0 Å². The monoisotopic (exact) mass is 430 g/mol. The third-order valence-electron chi connectivity index (χ3n) is 4.01. The molecule has 2 N–H and O–H groups in total. The molecule has 3 rings (SSSR count).